The van der Waals surface area contributed by atoms with Crippen LogP contribution >= 0.6 is 0 Å². The Labute approximate surface area is 182 Å². The molecule has 1 saturated heterocycles. The summed E-state index contributed by atoms with van der Waals surface area (Å²) in [4.78, 5) is 21.8. The van der Waals surface area contributed by atoms with E-state index in [1.54, 1.807) is 9.58 Å². The normalized spacial score (nSPS) is 15.6. The smallest absolute Gasteiger partial charge is 0.293 e. The van der Waals surface area contributed by atoms with Gasteiger partial charge in [-0.05, 0) is 18.1 Å². The molecule has 0 N–H and O–H groups in total. The van der Waals surface area contributed by atoms with Gasteiger partial charge in [0.15, 0.2) is 5.82 Å². The van der Waals surface area contributed by atoms with E-state index in [0.717, 1.165) is 11.3 Å². The van der Waals surface area contributed by atoms with Gasteiger partial charge >= 0.3 is 0 Å². The van der Waals surface area contributed by atoms with Crippen molar-refractivity contribution in [3.05, 3.63) is 66.5 Å². The van der Waals surface area contributed by atoms with Gasteiger partial charge in [0.25, 0.3) is 5.91 Å². The zero-order valence-electron chi connectivity index (χ0n) is 17.8. The van der Waals surface area contributed by atoms with E-state index in [0.29, 0.717) is 32.0 Å². The maximum absolute atomic E-state index is 13.2. The minimum atomic E-state index is -0.176. The number of para-hydroxylation sites is 1. The van der Waals surface area contributed by atoms with Crippen LogP contribution in [0.2, 0.25) is 0 Å². The molecule has 7 nitrogen and oxygen atoms in total. The molecule has 4 rings (SSSR count). The first-order valence-electron chi connectivity index (χ1n) is 10.6. The van der Waals surface area contributed by atoms with Gasteiger partial charge in [0.1, 0.15) is 6.04 Å². The molecule has 1 unspecified atom stereocenters. The van der Waals surface area contributed by atoms with Crippen molar-refractivity contribution in [3.63, 3.8) is 0 Å². The summed E-state index contributed by atoms with van der Waals surface area (Å²) in [5, 5.41) is 14.0. The van der Waals surface area contributed by atoms with Gasteiger partial charge in [-0.25, -0.2) is 9.67 Å². The van der Waals surface area contributed by atoms with Gasteiger partial charge in [-0.15, -0.1) is 5.10 Å². The SMILES string of the molecule is CC(C)C(C#N)N1CCN(C(=O)c2nc(-c3ccccc3)n(-c3ccccc3)n2)CC1. The average Bonchev–Trinajstić information content (AvgIpc) is 3.26. The molecule has 0 spiro atoms. The van der Waals surface area contributed by atoms with Crippen LogP contribution in [0.15, 0.2) is 60.7 Å². The highest BCUT2D eigenvalue weighted by molar-refractivity contribution is 5.91. The Morgan fingerprint density at radius 3 is 2.16 bits per heavy atom. The highest BCUT2D eigenvalue weighted by Gasteiger charge is 2.30. The first kappa shape index (κ1) is 20.8. The molecule has 1 atom stereocenters. The van der Waals surface area contributed by atoms with E-state index < -0.39 is 0 Å². The number of piperazine rings is 1. The molecule has 0 bridgehead atoms. The van der Waals surface area contributed by atoms with Crippen LogP contribution in [0.25, 0.3) is 17.1 Å². The van der Waals surface area contributed by atoms with Crippen molar-refractivity contribution in [1.29, 1.82) is 5.26 Å². The Morgan fingerprint density at radius 2 is 1.58 bits per heavy atom. The molecular weight excluding hydrogens is 388 g/mol. The largest absolute Gasteiger partial charge is 0.333 e. The summed E-state index contributed by atoms with van der Waals surface area (Å²) in [5.74, 6) is 0.906. The number of rotatable bonds is 5. The predicted octanol–water partition coefficient (Wildman–Crippen LogP) is 3.24. The molecule has 1 fully saturated rings. The van der Waals surface area contributed by atoms with Gasteiger partial charge in [-0.3, -0.25) is 9.69 Å². The Morgan fingerprint density at radius 1 is 0.968 bits per heavy atom. The fourth-order valence-electron chi connectivity index (χ4n) is 3.92. The number of hydrogen-bond donors (Lipinski definition) is 0. The highest BCUT2D eigenvalue weighted by atomic mass is 16.2. The van der Waals surface area contributed by atoms with Crippen molar-refractivity contribution in [2.45, 2.75) is 19.9 Å². The lowest BCUT2D eigenvalue weighted by Crippen LogP contribution is -2.53. The third-order valence-corrected chi connectivity index (χ3v) is 5.59. The first-order chi connectivity index (χ1) is 15.1. The van der Waals surface area contributed by atoms with Crippen LogP contribution in [0.5, 0.6) is 0 Å². The molecule has 3 aromatic rings. The monoisotopic (exact) mass is 414 g/mol. The van der Waals surface area contributed by atoms with Crippen molar-refractivity contribution in [3.8, 4) is 23.1 Å². The molecule has 0 aliphatic carbocycles. The van der Waals surface area contributed by atoms with Crippen LogP contribution in [-0.2, 0) is 0 Å². The molecule has 0 saturated carbocycles. The van der Waals surface area contributed by atoms with Crippen LogP contribution in [-0.4, -0.2) is 62.7 Å². The van der Waals surface area contributed by atoms with Gasteiger partial charge < -0.3 is 4.90 Å². The molecule has 7 heteroatoms. The number of nitriles is 1. The van der Waals surface area contributed by atoms with Gasteiger partial charge in [-0.2, -0.15) is 5.26 Å². The summed E-state index contributed by atoms with van der Waals surface area (Å²) in [6, 6.07) is 21.7. The minimum absolute atomic E-state index is 0.127. The van der Waals surface area contributed by atoms with Crippen LogP contribution in [0, 0.1) is 17.2 Å². The Bertz CT molecular complexity index is 1010. The molecule has 1 amide bonds. The van der Waals surface area contributed by atoms with Gasteiger partial charge in [0.05, 0.1) is 11.8 Å². The van der Waals surface area contributed by atoms with E-state index in [9.17, 15) is 10.1 Å². The van der Waals surface area contributed by atoms with Gasteiger partial charge in [0.2, 0.25) is 5.82 Å². The Kier molecular flexibility index (Phi) is 6.10. The van der Waals surface area contributed by atoms with Crippen LogP contribution in [0.3, 0.4) is 0 Å². The molecule has 2 aromatic carbocycles. The molecule has 158 valence electrons. The Hall–Kier alpha value is -3.50. The number of amides is 1. The van der Waals surface area contributed by atoms with E-state index in [1.807, 2.05) is 60.7 Å². The summed E-state index contributed by atoms with van der Waals surface area (Å²) < 4.78 is 1.73. The summed E-state index contributed by atoms with van der Waals surface area (Å²) in [6.07, 6.45) is 0. The summed E-state index contributed by atoms with van der Waals surface area (Å²) in [5.41, 5.74) is 1.75. The second-order valence-electron chi connectivity index (χ2n) is 8.02. The number of carbonyl (C=O) groups is 1. The maximum atomic E-state index is 13.2. The zero-order chi connectivity index (χ0) is 21.8. The van der Waals surface area contributed by atoms with Crippen LogP contribution < -0.4 is 0 Å². The molecule has 1 aromatic heterocycles. The lowest BCUT2D eigenvalue weighted by Gasteiger charge is -2.37. The van der Waals surface area contributed by atoms with Crippen molar-refractivity contribution < 1.29 is 4.79 Å². The van der Waals surface area contributed by atoms with E-state index in [1.165, 1.54) is 0 Å². The van der Waals surface area contributed by atoms with E-state index in [2.05, 4.69) is 34.9 Å². The van der Waals surface area contributed by atoms with E-state index in [-0.39, 0.29) is 23.7 Å². The second kappa shape index (κ2) is 9.11. The number of benzene rings is 2. The highest BCUT2D eigenvalue weighted by Crippen LogP contribution is 2.22. The third kappa shape index (κ3) is 4.35. The van der Waals surface area contributed by atoms with Crippen molar-refractivity contribution in [1.82, 2.24) is 24.6 Å². The third-order valence-electron chi connectivity index (χ3n) is 5.59. The lowest BCUT2D eigenvalue weighted by molar-refractivity contribution is 0.0565. The molecule has 1 aliphatic rings. The van der Waals surface area contributed by atoms with Crippen LogP contribution in [0.4, 0.5) is 0 Å². The number of nitrogens with zero attached hydrogens (tertiary/aromatic N) is 6. The fraction of sp³-hybridized carbons (Fsp3) is 0.333. The molecular formula is C24H26N6O. The maximum Gasteiger partial charge on any atom is 0.293 e. The van der Waals surface area contributed by atoms with Crippen LogP contribution in [0.1, 0.15) is 24.5 Å². The quantitative estimate of drug-likeness (QED) is 0.640. The van der Waals surface area contributed by atoms with E-state index >= 15 is 0 Å². The van der Waals surface area contributed by atoms with E-state index in [4.69, 9.17) is 0 Å². The zero-order valence-corrected chi connectivity index (χ0v) is 17.8. The second-order valence-corrected chi connectivity index (χ2v) is 8.02. The van der Waals surface area contributed by atoms with Crippen molar-refractivity contribution in [2.75, 3.05) is 26.2 Å². The molecule has 2 heterocycles. The van der Waals surface area contributed by atoms with Crippen molar-refractivity contribution in [2.24, 2.45) is 5.92 Å². The predicted molar refractivity (Wildman–Crippen MR) is 119 cm³/mol. The number of carbonyl (C=O) groups excluding carboxylic acids is 1. The molecule has 0 radical (unpaired) electrons. The summed E-state index contributed by atoms with van der Waals surface area (Å²) in [7, 11) is 0. The number of hydrogen-bond acceptors (Lipinski definition) is 5. The van der Waals surface area contributed by atoms with Gasteiger partial charge in [-0.1, -0.05) is 62.4 Å². The lowest BCUT2D eigenvalue weighted by atomic mass is 10.0. The minimum Gasteiger partial charge on any atom is -0.333 e. The van der Waals surface area contributed by atoms with Crippen molar-refractivity contribution >= 4 is 5.91 Å². The molecule has 31 heavy (non-hydrogen) atoms. The average molecular weight is 415 g/mol. The number of aromatic nitrogens is 3. The summed E-state index contributed by atoms with van der Waals surface area (Å²) in [6.45, 7) is 6.57. The summed E-state index contributed by atoms with van der Waals surface area (Å²) >= 11 is 0. The Balaban J connectivity index is 1.58. The first-order valence-corrected chi connectivity index (χ1v) is 10.6. The molecule has 1 aliphatic heterocycles. The topological polar surface area (TPSA) is 78.0 Å². The fourth-order valence-corrected chi connectivity index (χ4v) is 3.92. The standard InChI is InChI=1S/C24H26N6O/c1-18(2)21(17-25)28-13-15-29(16-14-28)24(31)22-26-23(19-9-5-3-6-10-19)30(27-22)20-11-7-4-8-12-20/h3-12,18,21H,13-16H2,1-2H3. The van der Waals surface area contributed by atoms with Gasteiger partial charge in [0, 0.05) is 31.7 Å².